The zero-order chi connectivity index (χ0) is 14.0. The van der Waals surface area contributed by atoms with Crippen molar-refractivity contribution in [2.75, 3.05) is 26.7 Å². The van der Waals surface area contributed by atoms with E-state index in [9.17, 15) is 9.59 Å². The average Bonchev–Trinajstić information content (AvgIpc) is 3.04. The van der Waals surface area contributed by atoms with Gasteiger partial charge in [0.2, 0.25) is 11.8 Å². The number of nitrogens with one attached hydrogen (secondary N) is 1. The van der Waals surface area contributed by atoms with Crippen LogP contribution in [0, 0.1) is 17.3 Å². The lowest BCUT2D eigenvalue weighted by Crippen LogP contribution is -2.42. The van der Waals surface area contributed by atoms with Gasteiger partial charge in [-0.05, 0) is 38.6 Å². The van der Waals surface area contributed by atoms with E-state index in [4.69, 9.17) is 5.73 Å². The van der Waals surface area contributed by atoms with E-state index >= 15 is 0 Å². The largest absolute Gasteiger partial charge is 0.359 e. The molecule has 2 amide bonds. The number of carbonyl (C=O) groups is 2. The van der Waals surface area contributed by atoms with Crippen LogP contribution in [-0.4, -0.2) is 43.4 Å². The van der Waals surface area contributed by atoms with E-state index < -0.39 is 5.41 Å². The molecule has 3 unspecified atom stereocenters. The molecule has 0 radical (unpaired) electrons. The quantitative estimate of drug-likeness (QED) is 0.774. The molecule has 3 atom stereocenters. The Morgan fingerprint density at radius 3 is 2.79 bits per heavy atom. The van der Waals surface area contributed by atoms with E-state index in [0.717, 1.165) is 25.7 Å². The summed E-state index contributed by atoms with van der Waals surface area (Å²) in [5.74, 6) is 0.654. The second-order valence-corrected chi connectivity index (χ2v) is 6.18. The number of carbonyl (C=O) groups excluding carboxylic acids is 2. The molecule has 0 aromatic carbocycles. The third-order valence-electron chi connectivity index (χ3n) is 4.84. The minimum Gasteiger partial charge on any atom is -0.359 e. The number of likely N-dealkylation sites (tertiary alicyclic amines) is 1. The summed E-state index contributed by atoms with van der Waals surface area (Å²) < 4.78 is 0. The topological polar surface area (TPSA) is 75.4 Å². The lowest BCUT2D eigenvalue weighted by molar-refractivity contribution is -0.136. The third kappa shape index (κ3) is 2.61. The highest BCUT2D eigenvalue weighted by atomic mass is 16.2. The van der Waals surface area contributed by atoms with Gasteiger partial charge in [0.25, 0.3) is 0 Å². The molecular formula is C14H25N3O2. The minimum atomic E-state index is -0.429. The Kier molecular flexibility index (Phi) is 4.13. The van der Waals surface area contributed by atoms with Crippen molar-refractivity contribution in [1.82, 2.24) is 10.2 Å². The van der Waals surface area contributed by atoms with Gasteiger partial charge in [-0.3, -0.25) is 9.59 Å². The molecule has 1 saturated carbocycles. The summed E-state index contributed by atoms with van der Waals surface area (Å²) in [6, 6.07) is 0. The number of nitrogens with two attached hydrogens (primary N) is 1. The highest BCUT2D eigenvalue weighted by Gasteiger charge is 2.44. The van der Waals surface area contributed by atoms with Crippen LogP contribution in [0.25, 0.3) is 0 Å². The van der Waals surface area contributed by atoms with Crippen LogP contribution in [0.2, 0.25) is 0 Å². The highest BCUT2D eigenvalue weighted by Crippen LogP contribution is 2.36. The van der Waals surface area contributed by atoms with Gasteiger partial charge >= 0.3 is 0 Å². The zero-order valence-electron chi connectivity index (χ0n) is 11.9. The minimum absolute atomic E-state index is 0.0320. The molecule has 0 spiro atoms. The molecule has 5 nitrogen and oxygen atoms in total. The average molecular weight is 267 g/mol. The molecule has 2 rings (SSSR count). The molecule has 5 heteroatoms. The van der Waals surface area contributed by atoms with Gasteiger partial charge in [-0.2, -0.15) is 0 Å². The number of hydrogen-bond donors (Lipinski definition) is 2. The molecule has 1 saturated heterocycles. The fourth-order valence-electron chi connectivity index (χ4n) is 3.51. The van der Waals surface area contributed by atoms with Crippen molar-refractivity contribution < 1.29 is 9.59 Å². The Balaban J connectivity index is 2.01. The van der Waals surface area contributed by atoms with Crippen LogP contribution < -0.4 is 11.1 Å². The second kappa shape index (κ2) is 5.49. The predicted molar refractivity (Wildman–Crippen MR) is 73.3 cm³/mol. The lowest BCUT2D eigenvalue weighted by Gasteiger charge is -2.26. The Hall–Kier alpha value is -1.10. The van der Waals surface area contributed by atoms with Crippen LogP contribution in [0.3, 0.4) is 0 Å². The Bertz CT molecular complexity index is 372. The van der Waals surface area contributed by atoms with E-state index in [1.54, 1.807) is 7.05 Å². The Labute approximate surface area is 114 Å². The van der Waals surface area contributed by atoms with Crippen LogP contribution in [0.15, 0.2) is 0 Å². The van der Waals surface area contributed by atoms with Crippen molar-refractivity contribution in [3.05, 3.63) is 0 Å². The van der Waals surface area contributed by atoms with E-state index in [-0.39, 0.29) is 17.7 Å². The van der Waals surface area contributed by atoms with Crippen LogP contribution in [0.5, 0.6) is 0 Å². The van der Waals surface area contributed by atoms with Crippen molar-refractivity contribution in [3.8, 4) is 0 Å². The van der Waals surface area contributed by atoms with Gasteiger partial charge in [0.15, 0.2) is 0 Å². The summed E-state index contributed by atoms with van der Waals surface area (Å²) in [7, 11) is 1.65. The number of nitrogens with zero attached hydrogens (tertiary/aromatic N) is 1. The van der Waals surface area contributed by atoms with Gasteiger partial charge in [-0.15, -0.1) is 0 Å². The monoisotopic (exact) mass is 267 g/mol. The van der Waals surface area contributed by atoms with E-state index in [0.29, 0.717) is 25.6 Å². The molecule has 108 valence electrons. The molecule has 3 N–H and O–H groups in total. The van der Waals surface area contributed by atoms with E-state index in [2.05, 4.69) is 5.32 Å². The van der Waals surface area contributed by atoms with E-state index in [1.807, 2.05) is 11.8 Å². The molecule has 0 aromatic heterocycles. The fraction of sp³-hybridized carbons (Fsp3) is 0.857. The summed E-state index contributed by atoms with van der Waals surface area (Å²) in [6.07, 6.45) is 3.86. The van der Waals surface area contributed by atoms with Crippen molar-refractivity contribution in [3.63, 3.8) is 0 Å². The predicted octanol–water partition coefficient (Wildman–Crippen LogP) is 0.346. The maximum Gasteiger partial charge on any atom is 0.227 e. The lowest BCUT2D eigenvalue weighted by atomic mass is 9.88. The highest BCUT2D eigenvalue weighted by molar-refractivity contribution is 5.85. The van der Waals surface area contributed by atoms with Gasteiger partial charge in [0.1, 0.15) is 0 Å². The summed E-state index contributed by atoms with van der Waals surface area (Å²) >= 11 is 0. The van der Waals surface area contributed by atoms with Crippen molar-refractivity contribution in [1.29, 1.82) is 0 Å². The molecule has 0 bridgehead atoms. The van der Waals surface area contributed by atoms with Crippen molar-refractivity contribution >= 4 is 11.8 Å². The Morgan fingerprint density at radius 2 is 2.16 bits per heavy atom. The first-order valence-corrected chi connectivity index (χ1v) is 7.23. The molecule has 2 fully saturated rings. The summed E-state index contributed by atoms with van der Waals surface area (Å²) in [4.78, 5) is 26.3. The van der Waals surface area contributed by atoms with Crippen LogP contribution in [0.4, 0.5) is 0 Å². The third-order valence-corrected chi connectivity index (χ3v) is 4.84. The summed E-state index contributed by atoms with van der Waals surface area (Å²) in [6.45, 7) is 3.76. The number of hydrogen-bond acceptors (Lipinski definition) is 3. The van der Waals surface area contributed by atoms with Gasteiger partial charge in [-0.25, -0.2) is 0 Å². The fourth-order valence-corrected chi connectivity index (χ4v) is 3.51. The van der Waals surface area contributed by atoms with E-state index in [1.165, 1.54) is 0 Å². The van der Waals surface area contributed by atoms with Crippen molar-refractivity contribution in [2.45, 2.75) is 32.6 Å². The molecule has 1 heterocycles. The number of rotatable bonds is 3. The van der Waals surface area contributed by atoms with Crippen molar-refractivity contribution in [2.24, 2.45) is 23.0 Å². The van der Waals surface area contributed by atoms with Crippen LogP contribution in [-0.2, 0) is 9.59 Å². The first kappa shape index (κ1) is 14.3. The van der Waals surface area contributed by atoms with Crippen LogP contribution in [0.1, 0.15) is 32.6 Å². The summed E-state index contributed by atoms with van der Waals surface area (Å²) in [5.41, 5.74) is 5.32. The molecule has 2 aliphatic rings. The zero-order valence-corrected chi connectivity index (χ0v) is 11.9. The molecule has 1 aliphatic carbocycles. The molecular weight excluding hydrogens is 242 g/mol. The standard InChI is InChI=1S/C14H25N3O2/c1-14(13(19)16-2)6-7-17(9-14)12(18)11-5-3-4-10(11)8-15/h10-11H,3-9,15H2,1-2H3,(H,16,19). The maximum absolute atomic E-state index is 12.6. The first-order chi connectivity index (χ1) is 9.01. The second-order valence-electron chi connectivity index (χ2n) is 6.18. The van der Waals surface area contributed by atoms with Gasteiger partial charge < -0.3 is 16.0 Å². The first-order valence-electron chi connectivity index (χ1n) is 7.23. The van der Waals surface area contributed by atoms with Gasteiger partial charge in [0.05, 0.1) is 5.41 Å². The van der Waals surface area contributed by atoms with Gasteiger partial charge in [-0.1, -0.05) is 6.42 Å². The maximum atomic E-state index is 12.6. The summed E-state index contributed by atoms with van der Waals surface area (Å²) in [5, 5.41) is 2.70. The normalized spacial score (nSPS) is 34.6. The van der Waals surface area contributed by atoms with Crippen LogP contribution >= 0.6 is 0 Å². The van der Waals surface area contributed by atoms with Gasteiger partial charge in [0, 0.05) is 26.1 Å². The molecule has 1 aliphatic heterocycles. The number of amides is 2. The molecule has 19 heavy (non-hydrogen) atoms. The Morgan fingerprint density at radius 1 is 1.42 bits per heavy atom. The SMILES string of the molecule is CNC(=O)C1(C)CCN(C(=O)C2CCCC2CN)C1. The molecule has 0 aromatic rings. The smallest absolute Gasteiger partial charge is 0.227 e.